The van der Waals surface area contributed by atoms with Gasteiger partial charge in [-0.25, -0.2) is 4.39 Å². The van der Waals surface area contributed by atoms with Gasteiger partial charge in [0.05, 0.1) is 18.0 Å². The van der Waals surface area contributed by atoms with Crippen LogP contribution in [0.4, 0.5) is 4.39 Å². The number of aromatic nitrogens is 1. The molecule has 3 rings (SSSR count). The highest BCUT2D eigenvalue weighted by atomic mass is 19.1. The molecule has 21 heavy (non-hydrogen) atoms. The van der Waals surface area contributed by atoms with E-state index in [9.17, 15) is 9.50 Å². The molecule has 2 fully saturated rings. The van der Waals surface area contributed by atoms with Crippen molar-refractivity contribution in [1.29, 1.82) is 0 Å². The van der Waals surface area contributed by atoms with E-state index in [2.05, 4.69) is 14.8 Å². The van der Waals surface area contributed by atoms with Crippen LogP contribution in [0.2, 0.25) is 0 Å². The zero-order chi connectivity index (χ0) is 14.7. The summed E-state index contributed by atoms with van der Waals surface area (Å²) in [5.41, 5.74) is 0.559. The van der Waals surface area contributed by atoms with Crippen LogP contribution >= 0.6 is 0 Å². The van der Waals surface area contributed by atoms with E-state index in [4.69, 9.17) is 0 Å². The molecule has 0 aromatic carbocycles. The number of rotatable bonds is 6. The lowest BCUT2D eigenvalue weighted by molar-refractivity contribution is 0.0988. The second-order valence-corrected chi connectivity index (χ2v) is 6.29. The van der Waals surface area contributed by atoms with Crippen LogP contribution in [0.3, 0.4) is 0 Å². The number of hydrogen-bond donors (Lipinski definition) is 1. The number of piperazine rings is 1. The van der Waals surface area contributed by atoms with Gasteiger partial charge in [-0.15, -0.1) is 0 Å². The minimum atomic E-state index is -0.602. The zero-order valence-corrected chi connectivity index (χ0v) is 12.4. The second kappa shape index (κ2) is 6.81. The minimum absolute atomic E-state index is 0.363. The Balaban J connectivity index is 1.38. The van der Waals surface area contributed by atoms with Crippen molar-refractivity contribution < 1.29 is 9.50 Å². The summed E-state index contributed by atoms with van der Waals surface area (Å²) in [6, 6.07) is 2.91. The van der Waals surface area contributed by atoms with Gasteiger partial charge in [-0.2, -0.15) is 0 Å². The van der Waals surface area contributed by atoms with Crippen molar-refractivity contribution in [2.24, 2.45) is 5.92 Å². The van der Waals surface area contributed by atoms with E-state index in [1.807, 2.05) is 0 Å². The van der Waals surface area contributed by atoms with Crippen molar-refractivity contribution >= 4 is 0 Å². The maximum atomic E-state index is 12.8. The summed E-state index contributed by atoms with van der Waals surface area (Å²) in [4.78, 5) is 8.90. The highest BCUT2D eigenvalue weighted by Gasteiger charge is 2.26. The number of aliphatic hydroxyl groups is 1. The van der Waals surface area contributed by atoms with E-state index < -0.39 is 6.10 Å². The van der Waals surface area contributed by atoms with Crippen LogP contribution in [-0.2, 0) is 0 Å². The Bertz CT molecular complexity index is 441. The molecule has 0 spiro atoms. The van der Waals surface area contributed by atoms with Gasteiger partial charge < -0.3 is 14.9 Å². The largest absolute Gasteiger partial charge is 0.387 e. The molecule has 2 heterocycles. The average molecular weight is 293 g/mol. The van der Waals surface area contributed by atoms with Crippen LogP contribution in [0.1, 0.15) is 31.1 Å². The lowest BCUT2D eigenvalue weighted by atomic mass is 10.1. The average Bonchev–Trinajstić information content (AvgIpc) is 3.31. The molecule has 2 aliphatic rings. The quantitative estimate of drug-likeness (QED) is 0.866. The van der Waals surface area contributed by atoms with Gasteiger partial charge in [-0.3, -0.25) is 4.98 Å². The zero-order valence-electron chi connectivity index (χ0n) is 12.4. The molecule has 1 N–H and O–H groups in total. The third-order valence-electron chi connectivity index (χ3n) is 4.49. The first kappa shape index (κ1) is 14.9. The predicted octanol–water partition coefficient (Wildman–Crippen LogP) is 1.67. The summed E-state index contributed by atoms with van der Waals surface area (Å²) < 4.78 is 12.8. The van der Waals surface area contributed by atoms with Crippen LogP contribution in [0.5, 0.6) is 0 Å². The van der Waals surface area contributed by atoms with E-state index in [0.717, 1.165) is 44.8 Å². The second-order valence-electron chi connectivity index (χ2n) is 6.29. The molecule has 1 aliphatic carbocycles. The normalized spacial score (nSPS) is 22.4. The van der Waals surface area contributed by atoms with Crippen LogP contribution < -0.4 is 0 Å². The van der Waals surface area contributed by atoms with Crippen LogP contribution in [0.15, 0.2) is 18.3 Å². The molecule has 116 valence electrons. The Morgan fingerprint density at radius 2 is 1.90 bits per heavy atom. The lowest BCUT2D eigenvalue weighted by Crippen LogP contribution is -2.47. The fourth-order valence-corrected chi connectivity index (χ4v) is 2.90. The Morgan fingerprint density at radius 1 is 1.19 bits per heavy atom. The predicted molar refractivity (Wildman–Crippen MR) is 79.4 cm³/mol. The maximum Gasteiger partial charge on any atom is 0.141 e. The minimum Gasteiger partial charge on any atom is -0.387 e. The first-order chi connectivity index (χ1) is 10.2. The van der Waals surface area contributed by atoms with Crippen molar-refractivity contribution in [1.82, 2.24) is 14.8 Å². The Morgan fingerprint density at radius 3 is 2.52 bits per heavy atom. The summed E-state index contributed by atoms with van der Waals surface area (Å²) in [6.07, 6.45) is 4.04. The molecule has 1 aliphatic heterocycles. The molecule has 1 aromatic heterocycles. The van der Waals surface area contributed by atoms with Crippen LogP contribution in [-0.4, -0.2) is 59.2 Å². The van der Waals surface area contributed by atoms with Gasteiger partial charge in [0.15, 0.2) is 0 Å². The topological polar surface area (TPSA) is 39.6 Å². The number of aliphatic hydroxyl groups excluding tert-OH is 1. The summed E-state index contributed by atoms with van der Waals surface area (Å²) in [5, 5.41) is 10.1. The van der Waals surface area contributed by atoms with Crippen LogP contribution in [0.25, 0.3) is 0 Å². The third kappa shape index (κ3) is 4.46. The highest BCUT2D eigenvalue weighted by molar-refractivity contribution is 5.07. The molecule has 1 atom stereocenters. The number of halogens is 1. The fourth-order valence-electron chi connectivity index (χ4n) is 2.90. The lowest BCUT2D eigenvalue weighted by Gasteiger charge is -2.35. The van der Waals surface area contributed by atoms with Gasteiger partial charge in [0.2, 0.25) is 0 Å². The van der Waals surface area contributed by atoms with E-state index >= 15 is 0 Å². The third-order valence-corrected chi connectivity index (χ3v) is 4.49. The number of pyridine rings is 1. The number of nitrogens with zero attached hydrogens (tertiary/aromatic N) is 3. The molecule has 0 amide bonds. The van der Waals surface area contributed by atoms with Crippen molar-refractivity contribution in [3.63, 3.8) is 0 Å². The SMILES string of the molecule is OC(CCN1CCN(CC2CC2)CC1)c1ccc(F)cn1. The van der Waals surface area contributed by atoms with Gasteiger partial charge in [0, 0.05) is 39.3 Å². The summed E-state index contributed by atoms with van der Waals surface area (Å²) in [7, 11) is 0. The van der Waals surface area contributed by atoms with Gasteiger partial charge in [-0.05, 0) is 37.3 Å². The molecule has 1 saturated carbocycles. The molecule has 4 nitrogen and oxygen atoms in total. The Kier molecular flexibility index (Phi) is 4.83. The first-order valence-electron chi connectivity index (χ1n) is 7.95. The standard InChI is InChI=1S/C16H24FN3O/c17-14-3-4-15(18-11-14)16(21)5-6-19-7-9-20(10-8-19)12-13-1-2-13/h3-4,11,13,16,21H,1-2,5-10,12H2. The van der Waals surface area contributed by atoms with Crippen molar-refractivity contribution in [3.05, 3.63) is 29.8 Å². The molecule has 0 bridgehead atoms. The molecule has 1 aromatic rings. The van der Waals surface area contributed by atoms with E-state index in [1.165, 1.54) is 25.5 Å². The van der Waals surface area contributed by atoms with E-state index in [1.54, 1.807) is 6.07 Å². The van der Waals surface area contributed by atoms with Crippen molar-refractivity contribution in [2.75, 3.05) is 39.3 Å². The Labute approximate surface area is 125 Å². The van der Waals surface area contributed by atoms with Gasteiger partial charge in [0.1, 0.15) is 5.82 Å². The van der Waals surface area contributed by atoms with E-state index in [-0.39, 0.29) is 5.82 Å². The van der Waals surface area contributed by atoms with Crippen molar-refractivity contribution in [2.45, 2.75) is 25.4 Å². The first-order valence-corrected chi connectivity index (χ1v) is 7.95. The maximum absolute atomic E-state index is 12.8. The smallest absolute Gasteiger partial charge is 0.141 e. The molecule has 1 unspecified atom stereocenters. The summed E-state index contributed by atoms with van der Waals surface area (Å²) in [6.45, 7) is 6.59. The van der Waals surface area contributed by atoms with Crippen LogP contribution in [0, 0.1) is 11.7 Å². The molecule has 1 saturated heterocycles. The van der Waals surface area contributed by atoms with Gasteiger partial charge in [-0.1, -0.05) is 0 Å². The Hall–Kier alpha value is -1.04. The summed E-state index contributed by atoms with van der Waals surface area (Å²) >= 11 is 0. The molecular formula is C16H24FN3O. The van der Waals surface area contributed by atoms with E-state index in [0.29, 0.717) is 12.1 Å². The number of hydrogen-bond acceptors (Lipinski definition) is 4. The van der Waals surface area contributed by atoms with Gasteiger partial charge in [0.25, 0.3) is 0 Å². The molecule has 5 heteroatoms. The fraction of sp³-hybridized carbons (Fsp3) is 0.688. The highest BCUT2D eigenvalue weighted by Crippen LogP contribution is 2.29. The molecule has 0 radical (unpaired) electrons. The van der Waals surface area contributed by atoms with Crippen molar-refractivity contribution in [3.8, 4) is 0 Å². The molecular weight excluding hydrogens is 269 g/mol. The summed E-state index contributed by atoms with van der Waals surface area (Å²) in [5.74, 6) is 0.598. The monoisotopic (exact) mass is 293 g/mol. The van der Waals surface area contributed by atoms with Gasteiger partial charge >= 0.3 is 0 Å².